The number of benzene rings is 1. The molecule has 3 nitrogen and oxygen atoms in total. The van der Waals surface area contributed by atoms with Crippen LogP contribution in [0.1, 0.15) is 28.4 Å². The minimum atomic E-state index is -0.190. The van der Waals surface area contributed by atoms with Crippen LogP contribution in [0.2, 0.25) is 0 Å². The Morgan fingerprint density at radius 2 is 2.14 bits per heavy atom. The van der Waals surface area contributed by atoms with Gasteiger partial charge in [-0.2, -0.15) is 0 Å². The maximum atomic E-state index is 11.5. The van der Waals surface area contributed by atoms with E-state index < -0.39 is 0 Å². The standard InChI is InChI=1S/C11H15NO2/c1-4-14-12-11(13)10-6-5-8(2)7-9(10)3/h5-7H,4H2,1-3H3,(H,12,13). The monoisotopic (exact) mass is 193 g/mol. The van der Waals surface area contributed by atoms with Crippen molar-refractivity contribution in [3.63, 3.8) is 0 Å². The van der Waals surface area contributed by atoms with Crippen molar-refractivity contribution in [3.8, 4) is 0 Å². The number of hydrogen-bond donors (Lipinski definition) is 1. The summed E-state index contributed by atoms with van der Waals surface area (Å²) >= 11 is 0. The molecular formula is C11H15NO2. The molecule has 1 amide bonds. The number of hydrogen-bond acceptors (Lipinski definition) is 2. The third-order valence-corrected chi connectivity index (χ3v) is 1.94. The predicted molar refractivity (Wildman–Crippen MR) is 55.0 cm³/mol. The molecule has 0 aliphatic heterocycles. The van der Waals surface area contributed by atoms with E-state index in [-0.39, 0.29) is 5.91 Å². The van der Waals surface area contributed by atoms with Crippen LogP contribution in [0.15, 0.2) is 18.2 Å². The fourth-order valence-electron chi connectivity index (χ4n) is 1.26. The molecule has 0 aliphatic carbocycles. The molecule has 0 saturated carbocycles. The first kappa shape index (κ1) is 10.7. The SMILES string of the molecule is CCONC(=O)c1ccc(C)cc1C. The minimum Gasteiger partial charge on any atom is -0.274 e. The fraction of sp³-hybridized carbons (Fsp3) is 0.364. The Labute approximate surface area is 84.0 Å². The number of aryl methyl sites for hydroxylation is 2. The van der Waals surface area contributed by atoms with Crippen molar-refractivity contribution < 1.29 is 9.63 Å². The zero-order chi connectivity index (χ0) is 10.6. The molecule has 1 aromatic carbocycles. The zero-order valence-electron chi connectivity index (χ0n) is 8.76. The van der Waals surface area contributed by atoms with E-state index in [1.165, 1.54) is 0 Å². The molecule has 76 valence electrons. The van der Waals surface area contributed by atoms with Crippen LogP contribution in [0.4, 0.5) is 0 Å². The van der Waals surface area contributed by atoms with Gasteiger partial charge < -0.3 is 0 Å². The highest BCUT2D eigenvalue weighted by Crippen LogP contribution is 2.09. The van der Waals surface area contributed by atoms with Gasteiger partial charge in [-0.3, -0.25) is 9.63 Å². The maximum Gasteiger partial charge on any atom is 0.275 e. The second-order valence-electron chi connectivity index (χ2n) is 3.18. The van der Waals surface area contributed by atoms with E-state index in [0.717, 1.165) is 11.1 Å². The molecule has 0 fully saturated rings. The molecule has 0 aliphatic rings. The first-order chi connectivity index (χ1) is 6.65. The third-order valence-electron chi connectivity index (χ3n) is 1.94. The highest BCUT2D eigenvalue weighted by molar-refractivity contribution is 5.94. The van der Waals surface area contributed by atoms with Gasteiger partial charge in [-0.15, -0.1) is 0 Å². The summed E-state index contributed by atoms with van der Waals surface area (Å²) in [4.78, 5) is 16.3. The van der Waals surface area contributed by atoms with E-state index in [1.54, 1.807) is 6.07 Å². The molecule has 0 saturated heterocycles. The average Bonchev–Trinajstić information content (AvgIpc) is 2.14. The maximum absolute atomic E-state index is 11.5. The Bertz CT molecular complexity index is 334. The second-order valence-corrected chi connectivity index (χ2v) is 3.18. The number of amides is 1. The number of hydroxylamine groups is 1. The molecule has 3 heteroatoms. The average molecular weight is 193 g/mol. The van der Waals surface area contributed by atoms with Gasteiger partial charge in [0.15, 0.2) is 0 Å². The molecule has 0 heterocycles. The molecule has 1 rings (SSSR count). The van der Waals surface area contributed by atoms with Crippen LogP contribution in [-0.4, -0.2) is 12.5 Å². The molecule has 0 bridgehead atoms. The van der Waals surface area contributed by atoms with E-state index in [4.69, 9.17) is 4.84 Å². The van der Waals surface area contributed by atoms with Crippen LogP contribution >= 0.6 is 0 Å². The summed E-state index contributed by atoms with van der Waals surface area (Å²) in [5.41, 5.74) is 5.14. The lowest BCUT2D eigenvalue weighted by molar-refractivity contribution is 0.0364. The summed E-state index contributed by atoms with van der Waals surface area (Å²) in [7, 11) is 0. The van der Waals surface area contributed by atoms with Crippen LogP contribution in [0.5, 0.6) is 0 Å². The Balaban J connectivity index is 2.80. The normalized spacial score (nSPS) is 9.93. The summed E-state index contributed by atoms with van der Waals surface area (Å²) in [6, 6.07) is 5.69. The molecule has 0 aromatic heterocycles. The molecular weight excluding hydrogens is 178 g/mol. The van der Waals surface area contributed by atoms with Crippen LogP contribution in [0.3, 0.4) is 0 Å². The quantitative estimate of drug-likeness (QED) is 0.745. The van der Waals surface area contributed by atoms with Gasteiger partial charge in [-0.25, -0.2) is 5.48 Å². The Hall–Kier alpha value is -1.35. The molecule has 0 spiro atoms. The lowest BCUT2D eigenvalue weighted by Gasteiger charge is -2.06. The summed E-state index contributed by atoms with van der Waals surface area (Å²) in [6.07, 6.45) is 0. The van der Waals surface area contributed by atoms with E-state index >= 15 is 0 Å². The van der Waals surface area contributed by atoms with Gasteiger partial charge in [-0.1, -0.05) is 17.7 Å². The van der Waals surface area contributed by atoms with Gasteiger partial charge in [0.25, 0.3) is 5.91 Å². The Morgan fingerprint density at radius 3 is 2.71 bits per heavy atom. The van der Waals surface area contributed by atoms with Crippen LogP contribution in [-0.2, 0) is 4.84 Å². The smallest absolute Gasteiger partial charge is 0.274 e. The van der Waals surface area contributed by atoms with Crippen molar-refractivity contribution in [1.82, 2.24) is 5.48 Å². The number of nitrogens with one attached hydrogen (secondary N) is 1. The van der Waals surface area contributed by atoms with Crippen molar-refractivity contribution in [2.24, 2.45) is 0 Å². The number of rotatable bonds is 3. The van der Waals surface area contributed by atoms with Gasteiger partial charge in [0.05, 0.1) is 6.61 Å². The van der Waals surface area contributed by atoms with E-state index in [2.05, 4.69) is 5.48 Å². The summed E-state index contributed by atoms with van der Waals surface area (Å²) in [5.74, 6) is -0.190. The minimum absolute atomic E-state index is 0.190. The van der Waals surface area contributed by atoms with Crippen molar-refractivity contribution in [1.29, 1.82) is 0 Å². The molecule has 0 atom stereocenters. The summed E-state index contributed by atoms with van der Waals surface area (Å²) in [6.45, 7) is 6.20. The highest BCUT2D eigenvalue weighted by Gasteiger charge is 2.07. The van der Waals surface area contributed by atoms with Crippen molar-refractivity contribution in [3.05, 3.63) is 34.9 Å². The highest BCUT2D eigenvalue weighted by atomic mass is 16.6. The molecule has 0 unspecified atom stereocenters. The summed E-state index contributed by atoms with van der Waals surface area (Å²) < 4.78 is 0. The third kappa shape index (κ3) is 2.57. The van der Waals surface area contributed by atoms with Crippen molar-refractivity contribution >= 4 is 5.91 Å². The van der Waals surface area contributed by atoms with Gasteiger partial charge >= 0.3 is 0 Å². The van der Waals surface area contributed by atoms with Gasteiger partial charge in [0.1, 0.15) is 0 Å². The largest absolute Gasteiger partial charge is 0.275 e. The first-order valence-electron chi connectivity index (χ1n) is 4.64. The van der Waals surface area contributed by atoms with Gasteiger partial charge in [-0.05, 0) is 32.4 Å². The molecule has 1 aromatic rings. The van der Waals surface area contributed by atoms with Gasteiger partial charge in [0.2, 0.25) is 0 Å². The van der Waals surface area contributed by atoms with Crippen molar-refractivity contribution in [2.45, 2.75) is 20.8 Å². The topological polar surface area (TPSA) is 38.3 Å². The van der Waals surface area contributed by atoms with Crippen LogP contribution in [0.25, 0.3) is 0 Å². The lowest BCUT2D eigenvalue weighted by atomic mass is 10.1. The molecule has 0 radical (unpaired) electrons. The molecule has 1 N–H and O–H groups in total. The van der Waals surface area contributed by atoms with Gasteiger partial charge in [0, 0.05) is 5.56 Å². The Morgan fingerprint density at radius 1 is 1.43 bits per heavy atom. The summed E-state index contributed by atoms with van der Waals surface area (Å²) in [5, 5.41) is 0. The Kier molecular flexibility index (Phi) is 3.65. The second kappa shape index (κ2) is 4.77. The van der Waals surface area contributed by atoms with Crippen LogP contribution < -0.4 is 5.48 Å². The van der Waals surface area contributed by atoms with Crippen molar-refractivity contribution in [2.75, 3.05) is 6.61 Å². The molecule has 14 heavy (non-hydrogen) atoms. The van der Waals surface area contributed by atoms with E-state index in [0.29, 0.717) is 12.2 Å². The van der Waals surface area contributed by atoms with Crippen LogP contribution in [0, 0.1) is 13.8 Å². The van der Waals surface area contributed by atoms with E-state index in [1.807, 2.05) is 32.9 Å². The fourth-order valence-corrected chi connectivity index (χ4v) is 1.26. The zero-order valence-corrected chi connectivity index (χ0v) is 8.76. The lowest BCUT2D eigenvalue weighted by Crippen LogP contribution is -2.24. The predicted octanol–water partition coefficient (Wildman–Crippen LogP) is 1.98. The van der Waals surface area contributed by atoms with E-state index in [9.17, 15) is 4.79 Å². The number of carbonyl (C=O) groups excluding carboxylic acids is 1. The first-order valence-corrected chi connectivity index (χ1v) is 4.64. The number of carbonyl (C=O) groups is 1.